The average molecular weight is 496 g/mol. The van der Waals surface area contributed by atoms with Crippen LogP contribution in [0.25, 0.3) is 10.9 Å². The average Bonchev–Trinajstić information content (AvgIpc) is 2.94. The summed E-state index contributed by atoms with van der Waals surface area (Å²) in [7, 11) is 1.61. The number of ether oxygens (including phenoxy) is 2. The minimum Gasteiger partial charge on any atom is -0.497 e. The van der Waals surface area contributed by atoms with E-state index in [9.17, 15) is 9.59 Å². The molecule has 0 unspecified atom stereocenters. The number of nitrogens with one attached hydrogen (secondary N) is 1. The van der Waals surface area contributed by atoms with Crippen LogP contribution in [0, 0.1) is 0 Å². The topological polar surface area (TPSA) is 80.8 Å². The Balaban J connectivity index is 1.30. The molecule has 4 aromatic rings. The molecule has 2 heterocycles. The van der Waals surface area contributed by atoms with Gasteiger partial charge in [0.15, 0.2) is 6.61 Å². The summed E-state index contributed by atoms with van der Waals surface area (Å²) < 4.78 is 10.7. The van der Waals surface area contributed by atoms with E-state index in [1.165, 1.54) is 5.56 Å². The molecular formula is C30H29N3O4. The van der Waals surface area contributed by atoms with Gasteiger partial charge in [0.25, 0.3) is 5.91 Å². The molecule has 1 amide bonds. The number of nitrogens with zero attached hydrogens (tertiary/aromatic N) is 2. The molecule has 1 aliphatic heterocycles. The molecular weight excluding hydrogens is 466 g/mol. The number of para-hydroxylation sites is 1. The molecule has 0 radical (unpaired) electrons. The molecule has 7 heteroatoms. The zero-order valence-electron chi connectivity index (χ0n) is 20.8. The van der Waals surface area contributed by atoms with Crippen molar-refractivity contribution in [1.82, 2.24) is 15.2 Å². The Morgan fingerprint density at radius 2 is 1.70 bits per heavy atom. The fourth-order valence-electron chi connectivity index (χ4n) is 4.65. The zero-order chi connectivity index (χ0) is 25.6. The van der Waals surface area contributed by atoms with E-state index >= 15 is 0 Å². The molecule has 0 aliphatic carbocycles. The molecule has 0 saturated heterocycles. The van der Waals surface area contributed by atoms with E-state index in [0.29, 0.717) is 18.7 Å². The lowest BCUT2D eigenvalue weighted by Crippen LogP contribution is -2.33. The Morgan fingerprint density at radius 3 is 2.49 bits per heavy atom. The molecule has 7 nitrogen and oxygen atoms in total. The third kappa shape index (κ3) is 5.78. The second kappa shape index (κ2) is 11.2. The van der Waals surface area contributed by atoms with Crippen LogP contribution >= 0.6 is 0 Å². The first-order chi connectivity index (χ1) is 18.1. The number of amides is 1. The van der Waals surface area contributed by atoms with E-state index in [0.717, 1.165) is 53.0 Å². The predicted octanol–water partition coefficient (Wildman–Crippen LogP) is 4.27. The van der Waals surface area contributed by atoms with Gasteiger partial charge in [-0.1, -0.05) is 60.7 Å². The Bertz CT molecular complexity index is 1400. The molecule has 1 N–H and O–H groups in total. The molecule has 5 rings (SSSR count). The second-order valence-corrected chi connectivity index (χ2v) is 9.08. The van der Waals surface area contributed by atoms with Crippen LogP contribution in [-0.2, 0) is 35.6 Å². The van der Waals surface area contributed by atoms with Crippen LogP contribution in [-0.4, -0.2) is 42.0 Å². The molecule has 0 atom stereocenters. The van der Waals surface area contributed by atoms with Crippen molar-refractivity contribution in [1.29, 1.82) is 0 Å². The highest BCUT2D eigenvalue weighted by molar-refractivity contribution is 6.05. The lowest BCUT2D eigenvalue weighted by molar-refractivity contribution is -0.124. The number of pyridine rings is 1. The van der Waals surface area contributed by atoms with E-state index in [2.05, 4.69) is 22.3 Å². The van der Waals surface area contributed by atoms with Crippen molar-refractivity contribution in [3.63, 3.8) is 0 Å². The number of benzene rings is 3. The van der Waals surface area contributed by atoms with Crippen molar-refractivity contribution in [2.24, 2.45) is 0 Å². The number of fused-ring (bicyclic) bond motifs is 2. The molecule has 188 valence electrons. The normalized spacial score (nSPS) is 13.1. The summed E-state index contributed by atoms with van der Waals surface area (Å²) in [6, 6.07) is 25.3. The zero-order valence-corrected chi connectivity index (χ0v) is 20.8. The number of aromatic nitrogens is 1. The van der Waals surface area contributed by atoms with Gasteiger partial charge >= 0.3 is 5.97 Å². The summed E-state index contributed by atoms with van der Waals surface area (Å²) in [6.07, 6.45) is 0.746. The van der Waals surface area contributed by atoms with Crippen LogP contribution in [0.2, 0.25) is 0 Å². The molecule has 0 bridgehead atoms. The number of carbonyl (C=O) groups is 2. The van der Waals surface area contributed by atoms with Crippen LogP contribution in [0.1, 0.15) is 32.7 Å². The van der Waals surface area contributed by atoms with E-state index in [4.69, 9.17) is 14.5 Å². The lowest BCUT2D eigenvalue weighted by Gasteiger charge is -2.30. The molecule has 37 heavy (non-hydrogen) atoms. The SMILES string of the molecule is COc1ccc(CNC(=O)COC(=O)c2c3c(nc4ccccc24)CCN(Cc2ccccc2)C3)cc1. The Labute approximate surface area is 216 Å². The highest BCUT2D eigenvalue weighted by Gasteiger charge is 2.27. The fourth-order valence-corrected chi connectivity index (χ4v) is 4.65. The molecule has 0 fully saturated rings. The highest BCUT2D eigenvalue weighted by Crippen LogP contribution is 2.29. The maximum atomic E-state index is 13.4. The monoisotopic (exact) mass is 495 g/mol. The first-order valence-electron chi connectivity index (χ1n) is 12.3. The third-order valence-corrected chi connectivity index (χ3v) is 6.56. The van der Waals surface area contributed by atoms with E-state index in [1.807, 2.05) is 66.7 Å². The van der Waals surface area contributed by atoms with Gasteiger partial charge in [-0.3, -0.25) is 14.7 Å². The van der Waals surface area contributed by atoms with Gasteiger partial charge in [0.05, 0.1) is 18.2 Å². The first kappa shape index (κ1) is 24.5. The van der Waals surface area contributed by atoms with Crippen LogP contribution in [0.4, 0.5) is 0 Å². The number of hydrogen-bond donors (Lipinski definition) is 1. The molecule has 0 saturated carbocycles. The molecule has 1 aromatic heterocycles. The maximum absolute atomic E-state index is 13.4. The van der Waals surface area contributed by atoms with Gasteiger partial charge in [0.1, 0.15) is 5.75 Å². The fraction of sp³-hybridized carbons (Fsp3) is 0.233. The largest absolute Gasteiger partial charge is 0.497 e. The first-order valence-corrected chi connectivity index (χ1v) is 12.3. The van der Waals surface area contributed by atoms with Crippen molar-refractivity contribution in [2.75, 3.05) is 20.3 Å². The summed E-state index contributed by atoms with van der Waals surface area (Å²) >= 11 is 0. The number of rotatable bonds is 8. The number of methoxy groups -OCH3 is 1. The molecule has 1 aliphatic rings. The Kier molecular flexibility index (Phi) is 7.42. The lowest BCUT2D eigenvalue weighted by atomic mass is 9.95. The van der Waals surface area contributed by atoms with Gasteiger partial charge < -0.3 is 14.8 Å². The summed E-state index contributed by atoms with van der Waals surface area (Å²) in [5, 5.41) is 3.54. The van der Waals surface area contributed by atoms with Crippen LogP contribution in [0.5, 0.6) is 5.75 Å². The minimum absolute atomic E-state index is 0.336. The van der Waals surface area contributed by atoms with E-state index in [-0.39, 0.29) is 12.5 Å². The second-order valence-electron chi connectivity index (χ2n) is 9.08. The highest BCUT2D eigenvalue weighted by atomic mass is 16.5. The van der Waals surface area contributed by atoms with Gasteiger partial charge in [-0.15, -0.1) is 0 Å². The van der Waals surface area contributed by atoms with Gasteiger partial charge in [-0.25, -0.2) is 4.79 Å². The molecule has 3 aromatic carbocycles. The smallest absolute Gasteiger partial charge is 0.339 e. The molecule has 0 spiro atoms. The van der Waals surface area contributed by atoms with Crippen molar-refractivity contribution >= 4 is 22.8 Å². The number of esters is 1. The van der Waals surface area contributed by atoms with E-state index < -0.39 is 5.97 Å². The standard InChI is InChI=1S/C30H29N3O4/c1-36-23-13-11-21(12-14-23)17-31-28(34)20-37-30(35)29-24-9-5-6-10-26(24)32-27-15-16-33(19-25(27)29)18-22-7-3-2-4-8-22/h2-14H,15-20H2,1H3,(H,31,34). The number of carbonyl (C=O) groups excluding carboxylic acids is 2. The number of hydrogen-bond acceptors (Lipinski definition) is 6. The Hall–Kier alpha value is -4.23. The maximum Gasteiger partial charge on any atom is 0.339 e. The van der Waals surface area contributed by atoms with Crippen molar-refractivity contribution in [3.8, 4) is 5.75 Å². The quantitative estimate of drug-likeness (QED) is 0.368. The minimum atomic E-state index is -0.504. The van der Waals surface area contributed by atoms with Crippen LogP contribution in [0.3, 0.4) is 0 Å². The van der Waals surface area contributed by atoms with Crippen LogP contribution < -0.4 is 10.1 Å². The van der Waals surface area contributed by atoms with Crippen LogP contribution in [0.15, 0.2) is 78.9 Å². The Morgan fingerprint density at radius 1 is 0.946 bits per heavy atom. The van der Waals surface area contributed by atoms with Crippen molar-refractivity contribution < 1.29 is 19.1 Å². The van der Waals surface area contributed by atoms with Gasteiger partial charge in [-0.05, 0) is 29.3 Å². The van der Waals surface area contributed by atoms with E-state index in [1.54, 1.807) is 7.11 Å². The summed E-state index contributed by atoms with van der Waals surface area (Å²) in [6.45, 7) is 2.22. The summed E-state index contributed by atoms with van der Waals surface area (Å²) in [5.41, 5.74) is 5.20. The van der Waals surface area contributed by atoms with Crippen molar-refractivity contribution in [3.05, 3.63) is 107 Å². The predicted molar refractivity (Wildman–Crippen MR) is 141 cm³/mol. The van der Waals surface area contributed by atoms with Crippen molar-refractivity contribution in [2.45, 2.75) is 26.1 Å². The van der Waals surface area contributed by atoms with Gasteiger partial charge in [0.2, 0.25) is 0 Å². The van der Waals surface area contributed by atoms with Gasteiger partial charge in [-0.2, -0.15) is 0 Å². The summed E-state index contributed by atoms with van der Waals surface area (Å²) in [4.78, 5) is 33.0. The summed E-state index contributed by atoms with van der Waals surface area (Å²) in [5.74, 6) is -0.114. The third-order valence-electron chi connectivity index (χ3n) is 6.56. The van der Waals surface area contributed by atoms with Gasteiger partial charge in [0, 0.05) is 49.2 Å².